The Labute approximate surface area is 224 Å². The number of fused-ring (bicyclic) bond motifs is 1. The summed E-state index contributed by atoms with van der Waals surface area (Å²) >= 11 is 0. The van der Waals surface area contributed by atoms with Gasteiger partial charge in [-0.05, 0) is 45.9 Å². The van der Waals surface area contributed by atoms with E-state index in [0.29, 0.717) is 28.0 Å². The second-order valence-corrected chi connectivity index (χ2v) is 10.7. The first kappa shape index (κ1) is 25.2. The van der Waals surface area contributed by atoms with E-state index in [-0.39, 0.29) is 29.0 Å². The van der Waals surface area contributed by atoms with Gasteiger partial charge in [0.2, 0.25) is 5.88 Å². The fourth-order valence-corrected chi connectivity index (χ4v) is 4.95. The summed E-state index contributed by atoms with van der Waals surface area (Å²) in [7, 11) is 2.10. The molecule has 2 fully saturated rings. The molecule has 0 atom stereocenters. The van der Waals surface area contributed by atoms with Crippen molar-refractivity contribution in [3.05, 3.63) is 42.1 Å². The van der Waals surface area contributed by atoms with Gasteiger partial charge in [0.05, 0.1) is 22.7 Å². The third-order valence-corrected chi connectivity index (χ3v) is 7.57. The Balaban J connectivity index is 1.16. The third-order valence-electron chi connectivity index (χ3n) is 7.57. The summed E-state index contributed by atoms with van der Waals surface area (Å²) in [6, 6.07) is 5.78. The molecule has 1 aromatic carbocycles. The van der Waals surface area contributed by atoms with Gasteiger partial charge in [0.1, 0.15) is 29.4 Å². The van der Waals surface area contributed by atoms with Crippen molar-refractivity contribution in [3.63, 3.8) is 0 Å². The standard InChI is InChI=1S/C26H31FN10O2/c1-26(2,36-10-8-35(3)9-11-36)19-13-20(39-34-19)32-25(38)31-18-7-4-15(12-17(18)27)22-21-23(28)29-14-30-24(21)37(33-22)16-5-6-16/h4,7,12-14,16H,5-6,8-11H2,1-3H3,(H2,28,29,30)(H2,31,32,38). The Hall–Kier alpha value is -4.10. The molecular formula is C26H31FN10O2. The lowest BCUT2D eigenvalue weighted by Gasteiger charge is -2.42. The molecule has 0 unspecified atom stereocenters. The lowest BCUT2D eigenvalue weighted by Crippen LogP contribution is -2.52. The lowest BCUT2D eigenvalue weighted by atomic mass is 9.97. The van der Waals surface area contributed by atoms with Gasteiger partial charge in [-0.2, -0.15) is 5.10 Å². The Morgan fingerprint density at radius 1 is 1.13 bits per heavy atom. The molecule has 13 heteroatoms. The highest BCUT2D eigenvalue weighted by Gasteiger charge is 2.34. The van der Waals surface area contributed by atoms with Crippen LogP contribution in [0.3, 0.4) is 0 Å². The molecule has 0 spiro atoms. The lowest BCUT2D eigenvalue weighted by molar-refractivity contribution is 0.0560. The number of likely N-dealkylation sites (N-methyl/N-ethyl adjacent to an activating group) is 1. The maximum Gasteiger partial charge on any atom is 0.326 e. The molecule has 0 radical (unpaired) electrons. The monoisotopic (exact) mass is 534 g/mol. The van der Waals surface area contributed by atoms with Crippen molar-refractivity contribution in [2.45, 2.75) is 38.3 Å². The topological polar surface area (TPSA) is 143 Å². The number of benzene rings is 1. The van der Waals surface area contributed by atoms with E-state index in [1.807, 2.05) is 4.68 Å². The molecule has 1 aliphatic carbocycles. The zero-order valence-corrected chi connectivity index (χ0v) is 22.1. The number of hydrogen-bond donors (Lipinski definition) is 3. The van der Waals surface area contributed by atoms with Crippen LogP contribution in [0, 0.1) is 5.82 Å². The van der Waals surface area contributed by atoms with Gasteiger partial charge < -0.3 is 20.5 Å². The van der Waals surface area contributed by atoms with Crippen LogP contribution in [0.4, 0.5) is 26.6 Å². The summed E-state index contributed by atoms with van der Waals surface area (Å²) in [5, 5.41) is 14.6. The zero-order chi connectivity index (χ0) is 27.3. The quantitative estimate of drug-likeness (QED) is 0.338. The minimum absolute atomic E-state index is 0.00362. The van der Waals surface area contributed by atoms with Crippen LogP contribution in [0.15, 0.2) is 35.1 Å². The van der Waals surface area contributed by atoms with Crippen LogP contribution < -0.4 is 16.4 Å². The average Bonchev–Trinajstić information content (AvgIpc) is 3.50. The molecule has 4 aromatic rings. The van der Waals surface area contributed by atoms with E-state index in [2.05, 4.69) is 61.6 Å². The molecule has 1 saturated heterocycles. The minimum Gasteiger partial charge on any atom is -0.383 e. The van der Waals surface area contributed by atoms with E-state index in [4.69, 9.17) is 10.3 Å². The number of aromatic nitrogens is 5. The van der Waals surface area contributed by atoms with E-state index in [1.54, 1.807) is 12.1 Å². The molecule has 1 aliphatic heterocycles. The number of carbonyl (C=O) groups excluding carboxylic acids is 1. The molecule has 204 valence electrons. The van der Waals surface area contributed by atoms with E-state index < -0.39 is 11.8 Å². The van der Waals surface area contributed by atoms with Crippen molar-refractivity contribution in [1.82, 2.24) is 34.7 Å². The zero-order valence-electron chi connectivity index (χ0n) is 22.1. The second-order valence-electron chi connectivity index (χ2n) is 10.7. The Kier molecular flexibility index (Phi) is 6.19. The largest absolute Gasteiger partial charge is 0.383 e. The molecule has 2 amide bonds. The highest BCUT2D eigenvalue weighted by atomic mass is 19.1. The highest BCUT2D eigenvalue weighted by Crippen LogP contribution is 2.40. The number of halogens is 1. The molecule has 2 aliphatic rings. The first-order valence-electron chi connectivity index (χ1n) is 13.0. The number of nitrogens with two attached hydrogens (primary N) is 1. The molecule has 4 N–H and O–H groups in total. The number of nitrogens with zero attached hydrogens (tertiary/aromatic N) is 7. The van der Waals surface area contributed by atoms with Gasteiger partial charge >= 0.3 is 6.03 Å². The summed E-state index contributed by atoms with van der Waals surface area (Å²) in [6.45, 7) is 7.91. The minimum atomic E-state index is -0.650. The molecule has 12 nitrogen and oxygen atoms in total. The smallest absolute Gasteiger partial charge is 0.326 e. The van der Waals surface area contributed by atoms with Gasteiger partial charge in [-0.3, -0.25) is 10.2 Å². The number of urea groups is 1. The maximum absolute atomic E-state index is 15.1. The number of rotatable bonds is 6. The first-order valence-corrected chi connectivity index (χ1v) is 13.0. The first-order chi connectivity index (χ1) is 18.7. The molecule has 39 heavy (non-hydrogen) atoms. The van der Waals surface area contributed by atoms with E-state index in [0.717, 1.165) is 39.0 Å². The molecule has 6 rings (SSSR count). The van der Waals surface area contributed by atoms with Crippen LogP contribution in [-0.4, -0.2) is 74.0 Å². The summed E-state index contributed by atoms with van der Waals surface area (Å²) in [5.41, 5.74) is 8.11. The van der Waals surface area contributed by atoms with E-state index >= 15 is 4.39 Å². The van der Waals surface area contributed by atoms with Crippen LogP contribution in [0.1, 0.15) is 38.4 Å². The Bertz CT molecular complexity index is 1540. The predicted octanol–water partition coefficient (Wildman–Crippen LogP) is 3.66. The number of hydrogen-bond acceptors (Lipinski definition) is 9. The van der Waals surface area contributed by atoms with Crippen molar-refractivity contribution >= 4 is 34.5 Å². The number of carbonyl (C=O) groups is 1. The van der Waals surface area contributed by atoms with E-state index in [1.165, 1.54) is 18.5 Å². The summed E-state index contributed by atoms with van der Waals surface area (Å²) in [6.07, 6.45) is 3.41. The average molecular weight is 535 g/mol. The number of nitrogen functional groups attached to an aromatic ring is 1. The second kappa shape index (κ2) is 9.58. The molecule has 4 heterocycles. The Morgan fingerprint density at radius 2 is 1.90 bits per heavy atom. The Morgan fingerprint density at radius 3 is 2.62 bits per heavy atom. The van der Waals surface area contributed by atoms with Crippen LogP contribution in [0.25, 0.3) is 22.3 Å². The van der Waals surface area contributed by atoms with Gasteiger partial charge in [0, 0.05) is 37.8 Å². The number of nitrogens with one attached hydrogen (secondary N) is 2. The summed E-state index contributed by atoms with van der Waals surface area (Å²) in [5.74, 6) is -0.165. The highest BCUT2D eigenvalue weighted by molar-refractivity contribution is 6.00. The maximum atomic E-state index is 15.1. The van der Waals surface area contributed by atoms with Gasteiger partial charge in [-0.25, -0.2) is 23.8 Å². The number of piperazine rings is 1. The van der Waals surface area contributed by atoms with Crippen molar-refractivity contribution in [2.24, 2.45) is 0 Å². The third kappa shape index (κ3) is 4.79. The van der Waals surface area contributed by atoms with Gasteiger partial charge in [0.15, 0.2) is 5.65 Å². The van der Waals surface area contributed by atoms with Crippen LogP contribution in [-0.2, 0) is 5.54 Å². The molecule has 3 aromatic heterocycles. The normalized spacial score (nSPS) is 17.0. The van der Waals surface area contributed by atoms with Crippen LogP contribution in [0.5, 0.6) is 0 Å². The number of amides is 2. The number of anilines is 3. The summed E-state index contributed by atoms with van der Waals surface area (Å²) < 4.78 is 22.3. The van der Waals surface area contributed by atoms with Crippen molar-refractivity contribution in [2.75, 3.05) is 49.6 Å². The van der Waals surface area contributed by atoms with Crippen molar-refractivity contribution < 1.29 is 13.7 Å². The molecule has 0 bridgehead atoms. The van der Waals surface area contributed by atoms with Gasteiger partial charge in [-0.1, -0.05) is 11.2 Å². The van der Waals surface area contributed by atoms with Gasteiger partial charge in [0.25, 0.3) is 0 Å². The van der Waals surface area contributed by atoms with E-state index in [9.17, 15) is 4.79 Å². The van der Waals surface area contributed by atoms with Crippen molar-refractivity contribution in [1.29, 1.82) is 0 Å². The van der Waals surface area contributed by atoms with Crippen LogP contribution >= 0.6 is 0 Å². The van der Waals surface area contributed by atoms with Crippen molar-refractivity contribution in [3.8, 4) is 11.3 Å². The molecular weight excluding hydrogens is 503 g/mol. The summed E-state index contributed by atoms with van der Waals surface area (Å²) in [4.78, 5) is 25.7. The fraction of sp³-hybridized carbons (Fsp3) is 0.423. The van der Waals surface area contributed by atoms with Gasteiger partial charge in [-0.15, -0.1) is 0 Å². The SMILES string of the molecule is CN1CCN(C(C)(C)c2cc(NC(=O)Nc3ccc(-c4nn(C5CC5)c5ncnc(N)c45)cc3F)on2)CC1. The predicted molar refractivity (Wildman–Crippen MR) is 145 cm³/mol. The molecule has 1 saturated carbocycles. The van der Waals surface area contributed by atoms with Crippen LogP contribution in [0.2, 0.25) is 0 Å². The fourth-order valence-electron chi connectivity index (χ4n) is 4.95.